The summed E-state index contributed by atoms with van der Waals surface area (Å²) in [6.45, 7) is 6.44. The smallest absolute Gasteiger partial charge is 0.142 e. The molecule has 2 heterocycles. The fourth-order valence-electron chi connectivity index (χ4n) is 2.37. The molecule has 3 N–H and O–H groups in total. The number of anilines is 1. The van der Waals surface area contributed by atoms with Crippen molar-refractivity contribution in [3.8, 4) is 0 Å². The Labute approximate surface area is 102 Å². The normalized spacial score (nSPS) is 19.1. The van der Waals surface area contributed by atoms with Crippen molar-refractivity contribution >= 4 is 11.7 Å². The largest absolute Gasteiger partial charge is 0.384 e. The summed E-state index contributed by atoms with van der Waals surface area (Å²) in [5.74, 6) is 0.823. The first-order valence-corrected chi connectivity index (χ1v) is 5.89. The van der Waals surface area contributed by atoms with Crippen LogP contribution in [0.25, 0.3) is 0 Å². The summed E-state index contributed by atoms with van der Waals surface area (Å²) in [6, 6.07) is 0. The topological polar surface area (TPSA) is 78.9 Å². The summed E-state index contributed by atoms with van der Waals surface area (Å²) >= 11 is 0. The highest BCUT2D eigenvalue weighted by Crippen LogP contribution is 2.31. The molecule has 0 spiro atoms. The van der Waals surface area contributed by atoms with Gasteiger partial charge in [0.25, 0.3) is 0 Å². The Hall–Kier alpha value is -1.65. The molecule has 1 aromatic heterocycles. The van der Waals surface area contributed by atoms with Crippen LogP contribution in [0.2, 0.25) is 0 Å². The number of hydrogen-bond acceptors (Lipinski definition) is 4. The molecule has 0 aromatic carbocycles. The maximum absolute atomic E-state index is 7.56. The molecule has 1 fully saturated rings. The molecule has 1 aliphatic heterocycles. The molecule has 0 unspecified atom stereocenters. The Bertz CT molecular complexity index is 427. The fourth-order valence-corrected chi connectivity index (χ4v) is 2.37. The van der Waals surface area contributed by atoms with Gasteiger partial charge in [-0.05, 0) is 18.3 Å². The molecule has 1 aliphatic rings. The van der Waals surface area contributed by atoms with Crippen molar-refractivity contribution in [3.63, 3.8) is 0 Å². The van der Waals surface area contributed by atoms with Gasteiger partial charge in [-0.15, -0.1) is 0 Å². The van der Waals surface area contributed by atoms with E-state index in [1.54, 1.807) is 6.20 Å². The molecule has 0 amide bonds. The van der Waals surface area contributed by atoms with Crippen molar-refractivity contribution in [1.82, 2.24) is 9.97 Å². The molecule has 0 saturated carbocycles. The Morgan fingerprint density at radius 2 is 2.29 bits per heavy atom. The van der Waals surface area contributed by atoms with Gasteiger partial charge < -0.3 is 10.6 Å². The summed E-state index contributed by atoms with van der Waals surface area (Å²) in [5, 5.41) is 7.56. The number of nitrogen functional groups attached to an aromatic ring is 1. The third kappa shape index (κ3) is 2.54. The lowest BCUT2D eigenvalue weighted by molar-refractivity contribution is 0.292. The molecule has 0 aliphatic carbocycles. The van der Waals surface area contributed by atoms with Crippen molar-refractivity contribution in [2.24, 2.45) is 11.1 Å². The van der Waals surface area contributed by atoms with Gasteiger partial charge in [-0.3, -0.25) is 5.41 Å². The molecule has 1 aromatic rings. The van der Waals surface area contributed by atoms with Gasteiger partial charge in [0.05, 0.1) is 5.56 Å². The van der Waals surface area contributed by atoms with E-state index in [-0.39, 0.29) is 11.3 Å². The molecule has 17 heavy (non-hydrogen) atoms. The predicted molar refractivity (Wildman–Crippen MR) is 68.3 cm³/mol. The third-order valence-electron chi connectivity index (χ3n) is 3.18. The first-order chi connectivity index (χ1) is 7.99. The highest BCUT2D eigenvalue weighted by molar-refractivity contribution is 5.99. The third-order valence-corrected chi connectivity index (χ3v) is 3.18. The van der Waals surface area contributed by atoms with Crippen LogP contribution in [0.3, 0.4) is 0 Å². The molecule has 2 rings (SSSR count). The maximum Gasteiger partial charge on any atom is 0.142 e. The molecule has 1 saturated heterocycles. The summed E-state index contributed by atoms with van der Waals surface area (Å²) in [4.78, 5) is 10.4. The number of nitrogens with zero attached hydrogens (tertiary/aromatic N) is 3. The second kappa shape index (κ2) is 4.31. The van der Waals surface area contributed by atoms with Crippen LogP contribution >= 0.6 is 0 Å². The van der Waals surface area contributed by atoms with Gasteiger partial charge in [0.2, 0.25) is 0 Å². The Morgan fingerprint density at radius 3 is 2.94 bits per heavy atom. The van der Waals surface area contributed by atoms with Gasteiger partial charge in [0.1, 0.15) is 18.0 Å². The molecule has 5 nitrogen and oxygen atoms in total. The second-order valence-electron chi connectivity index (χ2n) is 5.36. The average Bonchev–Trinajstić information content (AvgIpc) is 2.27. The molecule has 0 radical (unpaired) electrons. The van der Waals surface area contributed by atoms with E-state index in [2.05, 4.69) is 28.7 Å². The van der Waals surface area contributed by atoms with Gasteiger partial charge in [0.15, 0.2) is 0 Å². The van der Waals surface area contributed by atoms with Crippen molar-refractivity contribution < 1.29 is 0 Å². The second-order valence-corrected chi connectivity index (χ2v) is 5.36. The fraction of sp³-hybridized carbons (Fsp3) is 0.583. The number of nitrogens with one attached hydrogen (secondary N) is 1. The molecule has 92 valence electrons. The lowest BCUT2D eigenvalue weighted by Gasteiger charge is -2.39. The van der Waals surface area contributed by atoms with E-state index < -0.39 is 0 Å². The summed E-state index contributed by atoms with van der Waals surface area (Å²) < 4.78 is 0. The number of nitrogens with two attached hydrogens (primary N) is 1. The average molecular weight is 233 g/mol. The van der Waals surface area contributed by atoms with E-state index in [1.165, 1.54) is 12.7 Å². The quantitative estimate of drug-likeness (QED) is 0.597. The zero-order chi connectivity index (χ0) is 12.5. The minimum absolute atomic E-state index is 0.0315. The number of amidine groups is 1. The van der Waals surface area contributed by atoms with E-state index in [1.807, 2.05) is 0 Å². The van der Waals surface area contributed by atoms with Gasteiger partial charge >= 0.3 is 0 Å². The lowest BCUT2D eigenvalue weighted by atomic mass is 9.84. The summed E-state index contributed by atoms with van der Waals surface area (Å²) in [7, 11) is 0. The van der Waals surface area contributed by atoms with Crippen molar-refractivity contribution in [2.75, 3.05) is 18.0 Å². The maximum atomic E-state index is 7.56. The van der Waals surface area contributed by atoms with Gasteiger partial charge in [-0.25, -0.2) is 9.97 Å². The van der Waals surface area contributed by atoms with Crippen LogP contribution in [-0.2, 0) is 0 Å². The lowest BCUT2D eigenvalue weighted by Crippen LogP contribution is -2.41. The van der Waals surface area contributed by atoms with Crippen LogP contribution in [0, 0.1) is 10.8 Å². The van der Waals surface area contributed by atoms with Crippen LogP contribution in [0.15, 0.2) is 12.5 Å². The highest BCUT2D eigenvalue weighted by atomic mass is 15.2. The monoisotopic (exact) mass is 233 g/mol. The minimum atomic E-state index is 0.0315. The zero-order valence-electron chi connectivity index (χ0n) is 10.4. The summed E-state index contributed by atoms with van der Waals surface area (Å²) in [6.07, 6.45) is 5.51. The minimum Gasteiger partial charge on any atom is -0.384 e. The van der Waals surface area contributed by atoms with Gasteiger partial charge in [-0.2, -0.15) is 0 Å². The first-order valence-electron chi connectivity index (χ1n) is 5.89. The highest BCUT2D eigenvalue weighted by Gasteiger charge is 2.28. The molecule has 5 heteroatoms. The van der Waals surface area contributed by atoms with Crippen LogP contribution in [-0.4, -0.2) is 28.9 Å². The van der Waals surface area contributed by atoms with Crippen LogP contribution < -0.4 is 10.6 Å². The molecule has 0 atom stereocenters. The summed E-state index contributed by atoms with van der Waals surface area (Å²) in [5.41, 5.74) is 6.48. The van der Waals surface area contributed by atoms with Crippen LogP contribution in [0.4, 0.5) is 5.82 Å². The molecule has 0 bridgehead atoms. The first kappa shape index (κ1) is 11.8. The number of hydrogen-bond donors (Lipinski definition) is 2. The van der Waals surface area contributed by atoms with E-state index in [9.17, 15) is 0 Å². The van der Waals surface area contributed by atoms with Crippen LogP contribution in [0.1, 0.15) is 32.3 Å². The Kier molecular flexibility index (Phi) is 3.00. The van der Waals surface area contributed by atoms with Gasteiger partial charge in [0, 0.05) is 19.3 Å². The molecular weight excluding hydrogens is 214 g/mol. The molecular formula is C12H19N5. The van der Waals surface area contributed by atoms with E-state index in [4.69, 9.17) is 11.1 Å². The van der Waals surface area contributed by atoms with E-state index >= 15 is 0 Å². The van der Waals surface area contributed by atoms with E-state index in [0.717, 1.165) is 25.3 Å². The predicted octanol–water partition coefficient (Wildman–Crippen LogP) is 1.39. The SMILES string of the molecule is CC1(C)CCCN(c2ncncc2C(=N)N)C1. The Balaban J connectivity index is 2.30. The van der Waals surface area contributed by atoms with E-state index in [0.29, 0.717) is 5.56 Å². The number of rotatable bonds is 2. The zero-order valence-corrected chi connectivity index (χ0v) is 10.4. The van der Waals surface area contributed by atoms with Crippen molar-refractivity contribution in [2.45, 2.75) is 26.7 Å². The number of aromatic nitrogens is 2. The van der Waals surface area contributed by atoms with Crippen molar-refractivity contribution in [3.05, 3.63) is 18.1 Å². The van der Waals surface area contributed by atoms with Crippen LogP contribution in [0.5, 0.6) is 0 Å². The van der Waals surface area contributed by atoms with Crippen molar-refractivity contribution in [1.29, 1.82) is 5.41 Å². The van der Waals surface area contributed by atoms with Gasteiger partial charge in [-0.1, -0.05) is 13.8 Å². The Morgan fingerprint density at radius 1 is 1.53 bits per heavy atom. The standard InChI is InChI=1S/C12H19N5/c1-12(2)4-3-5-17(7-12)11-9(10(13)14)6-15-8-16-11/h6,8H,3-5,7H2,1-2H3,(H3,13,14). The number of piperidine rings is 1.